The zero-order valence-electron chi connectivity index (χ0n) is 12.7. The van der Waals surface area contributed by atoms with Crippen LogP contribution >= 0.6 is 0 Å². The summed E-state index contributed by atoms with van der Waals surface area (Å²) in [5.41, 5.74) is 2.16. The summed E-state index contributed by atoms with van der Waals surface area (Å²) >= 11 is 0. The van der Waals surface area contributed by atoms with E-state index in [-0.39, 0.29) is 23.7 Å². The number of carbonyl (C=O) groups is 2. The highest BCUT2D eigenvalue weighted by Crippen LogP contribution is 2.24. The first-order valence-electron chi connectivity index (χ1n) is 7.13. The highest BCUT2D eigenvalue weighted by Gasteiger charge is 2.36. The number of rotatable bonds is 3. The Balaban J connectivity index is 2.02. The van der Waals surface area contributed by atoms with Crippen LogP contribution in [-0.2, 0) is 14.3 Å². The molecule has 1 fully saturated rings. The predicted octanol–water partition coefficient (Wildman–Crippen LogP) is 2.28. The van der Waals surface area contributed by atoms with Crippen molar-refractivity contribution >= 4 is 18.0 Å². The third-order valence-electron chi connectivity index (χ3n) is 4.02. The van der Waals surface area contributed by atoms with E-state index in [0.717, 1.165) is 11.1 Å². The number of benzene rings is 1. The molecule has 21 heavy (non-hydrogen) atoms. The first-order valence-corrected chi connectivity index (χ1v) is 7.13. The van der Waals surface area contributed by atoms with Crippen LogP contribution in [0.5, 0.6) is 0 Å². The molecule has 2 unspecified atom stereocenters. The Morgan fingerprint density at radius 2 is 2.00 bits per heavy atom. The summed E-state index contributed by atoms with van der Waals surface area (Å²) < 4.78 is 4.78. The molecule has 1 aromatic rings. The van der Waals surface area contributed by atoms with Crippen LogP contribution in [0.4, 0.5) is 0 Å². The van der Waals surface area contributed by atoms with E-state index in [1.807, 2.05) is 44.2 Å². The minimum Gasteiger partial charge on any atom is -0.469 e. The third-order valence-corrected chi connectivity index (χ3v) is 4.02. The first-order chi connectivity index (χ1) is 10.0. The van der Waals surface area contributed by atoms with Crippen molar-refractivity contribution in [3.63, 3.8) is 0 Å². The summed E-state index contributed by atoms with van der Waals surface area (Å²) in [5, 5.41) is 0. The van der Waals surface area contributed by atoms with Gasteiger partial charge in [0.15, 0.2) is 0 Å². The number of hydrogen-bond donors (Lipinski definition) is 0. The third kappa shape index (κ3) is 3.51. The molecular weight excluding hydrogens is 266 g/mol. The molecule has 1 aromatic carbocycles. The van der Waals surface area contributed by atoms with E-state index in [0.29, 0.717) is 13.1 Å². The predicted molar refractivity (Wildman–Crippen MR) is 81.5 cm³/mol. The van der Waals surface area contributed by atoms with Crippen LogP contribution in [0.1, 0.15) is 18.1 Å². The Bertz CT molecular complexity index is 565. The zero-order chi connectivity index (χ0) is 15.4. The van der Waals surface area contributed by atoms with Gasteiger partial charge in [-0.1, -0.05) is 31.2 Å². The van der Waals surface area contributed by atoms with Crippen molar-refractivity contribution < 1.29 is 14.3 Å². The molecule has 0 bridgehead atoms. The second-order valence-corrected chi connectivity index (χ2v) is 5.54. The molecule has 0 saturated carbocycles. The maximum Gasteiger partial charge on any atom is 0.310 e. The normalized spacial score (nSPS) is 21.8. The molecule has 0 spiro atoms. The molecule has 2 rings (SSSR count). The summed E-state index contributed by atoms with van der Waals surface area (Å²) in [6.07, 6.45) is 3.41. The number of ether oxygens (including phenoxy) is 1. The molecule has 4 heteroatoms. The number of aryl methyl sites for hydroxylation is 1. The zero-order valence-corrected chi connectivity index (χ0v) is 12.7. The maximum absolute atomic E-state index is 12.2. The van der Waals surface area contributed by atoms with Crippen molar-refractivity contribution in [2.75, 3.05) is 20.2 Å². The van der Waals surface area contributed by atoms with E-state index in [9.17, 15) is 9.59 Å². The van der Waals surface area contributed by atoms with Crippen LogP contribution < -0.4 is 0 Å². The highest BCUT2D eigenvalue weighted by atomic mass is 16.5. The lowest BCUT2D eigenvalue weighted by Crippen LogP contribution is -2.28. The second kappa shape index (κ2) is 6.57. The summed E-state index contributed by atoms with van der Waals surface area (Å²) in [4.78, 5) is 25.6. The van der Waals surface area contributed by atoms with Crippen molar-refractivity contribution in [1.82, 2.24) is 4.90 Å². The molecule has 1 aliphatic rings. The molecule has 1 aliphatic heterocycles. The molecule has 0 aliphatic carbocycles. The highest BCUT2D eigenvalue weighted by molar-refractivity contribution is 5.92. The Morgan fingerprint density at radius 3 is 2.67 bits per heavy atom. The molecule has 0 N–H and O–H groups in total. The minimum absolute atomic E-state index is 0.0588. The fourth-order valence-corrected chi connectivity index (χ4v) is 2.65. The Kier molecular flexibility index (Phi) is 4.78. The number of nitrogens with zero attached hydrogens (tertiary/aromatic N) is 1. The number of hydrogen-bond acceptors (Lipinski definition) is 3. The molecule has 0 radical (unpaired) electrons. The first kappa shape index (κ1) is 15.3. The average molecular weight is 287 g/mol. The lowest BCUT2D eigenvalue weighted by atomic mass is 9.99. The molecule has 1 amide bonds. The van der Waals surface area contributed by atoms with E-state index >= 15 is 0 Å². The van der Waals surface area contributed by atoms with Gasteiger partial charge in [-0.2, -0.15) is 0 Å². The van der Waals surface area contributed by atoms with Gasteiger partial charge in [-0.3, -0.25) is 9.59 Å². The second-order valence-electron chi connectivity index (χ2n) is 5.54. The van der Waals surface area contributed by atoms with Gasteiger partial charge in [0.2, 0.25) is 5.91 Å². The number of carbonyl (C=O) groups excluding carboxylic acids is 2. The van der Waals surface area contributed by atoms with Gasteiger partial charge in [0.1, 0.15) is 0 Å². The molecular formula is C17H21NO3. The summed E-state index contributed by atoms with van der Waals surface area (Å²) in [6, 6.07) is 7.90. The summed E-state index contributed by atoms with van der Waals surface area (Å²) in [6.45, 7) is 5.01. The molecule has 4 nitrogen and oxygen atoms in total. The minimum atomic E-state index is -0.235. The standard InChI is InChI=1S/C17H21NO3/c1-12-6-4-5-7-14(12)8-9-16(19)18-10-13(2)15(11-18)17(20)21-3/h4-9,13,15H,10-11H2,1-3H3/b9-8+. The Labute approximate surface area is 125 Å². The SMILES string of the molecule is COC(=O)C1CN(C(=O)/C=C/c2ccccc2C)CC1C. The number of methoxy groups -OCH3 is 1. The lowest BCUT2D eigenvalue weighted by molar-refractivity contribution is -0.146. The van der Waals surface area contributed by atoms with E-state index in [1.165, 1.54) is 7.11 Å². The summed E-state index contributed by atoms with van der Waals surface area (Å²) in [7, 11) is 1.39. The smallest absolute Gasteiger partial charge is 0.310 e. The monoisotopic (exact) mass is 287 g/mol. The van der Waals surface area contributed by atoms with Crippen molar-refractivity contribution in [2.24, 2.45) is 11.8 Å². The molecule has 1 heterocycles. The number of esters is 1. The van der Waals surface area contributed by atoms with Crippen LogP contribution in [0.2, 0.25) is 0 Å². The van der Waals surface area contributed by atoms with Gasteiger partial charge >= 0.3 is 5.97 Å². The van der Waals surface area contributed by atoms with E-state index in [4.69, 9.17) is 4.74 Å². The van der Waals surface area contributed by atoms with Crippen LogP contribution in [0, 0.1) is 18.8 Å². The summed E-state index contributed by atoms with van der Waals surface area (Å²) in [5.74, 6) is -0.378. The molecule has 2 atom stereocenters. The van der Waals surface area contributed by atoms with E-state index in [1.54, 1.807) is 11.0 Å². The van der Waals surface area contributed by atoms with E-state index in [2.05, 4.69) is 0 Å². The fraction of sp³-hybridized carbons (Fsp3) is 0.412. The molecule has 112 valence electrons. The quantitative estimate of drug-likeness (QED) is 0.633. The van der Waals surface area contributed by atoms with Crippen LogP contribution in [0.15, 0.2) is 30.3 Å². The van der Waals surface area contributed by atoms with Gasteiger partial charge in [-0.15, -0.1) is 0 Å². The van der Waals surface area contributed by atoms with Crippen molar-refractivity contribution in [1.29, 1.82) is 0 Å². The van der Waals surface area contributed by atoms with Gasteiger partial charge < -0.3 is 9.64 Å². The number of amides is 1. The van der Waals surface area contributed by atoms with Gasteiger partial charge in [0.25, 0.3) is 0 Å². The molecule has 1 saturated heterocycles. The largest absolute Gasteiger partial charge is 0.469 e. The Hall–Kier alpha value is -2.10. The van der Waals surface area contributed by atoms with Crippen molar-refractivity contribution in [3.8, 4) is 0 Å². The van der Waals surface area contributed by atoms with Gasteiger partial charge in [-0.05, 0) is 30.0 Å². The van der Waals surface area contributed by atoms with Crippen LogP contribution in [0.25, 0.3) is 6.08 Å². The number of likely N-dealkylation sites (tertiary alicyclic amines) is 1. The van der Waals surface area contributed by atoms with Gasteiger partial charge in [-0.25, -0.2) is 0 Å². The van der Waals surface area contributed by atoms with Crippen LogP contribution in [0.3, 0.4) is 0 Å². The van der Waals surface area contributed by atoms with Gasteiger partial charge in [0, 0.05) is 19.2 Å². The van der Waals surface area contributed by atoms with Crippen molar-refractivity contribution in [2.45, 2.75) is 13.8 Å². The lowest BCUT2D eigenvalue weighted by Gasteiger charge is -2.13. The van der Waals surface area contributed by atoms with Gasteiger partial charge in [0.05, 0.1) is 13.0 Å². The average Bonchev–Trinajstić information content (AvgIpc) is 2.87. The topological polar surface area (TPSA) is 46.6 Å². The van der Waals surface area contributed by atoms with E-state index < -0.39 is 0 Å². The van der Waals surface area contributed by atoms with Crippen molar-refractivity contribution in [3.05, 3.63) is 41.5 Å². The maximum atomic E-state index is 12.2. The fourth-order valence-electron chi connectivity index (χ4n) is 2.65. The van der Waals surface area contributed by atoms with Crippen LogP contribution in [-0.4, -0.2) is 37.0 Å². The Morgan fingerprint density at radius 1 is 1.29 bits per heavy atom. The molecule has 0 aromatic heterocycles.